The lowest BCUT2D eigenvalue weighted by atomic mass is 10.2. The Labute approximate surface area is 138 Å². The molecule has 1 amide bonds. The number of hydrogen-bond donors (Lipinski definition) is 0. The molecule has 3 aromatic rings. The number of aromatic nitrogens is 3. The molecule has 1 aliphatic heterocycles. The van der Waals surface area contributed by atoms with Gasteiger partial charge in [0.05, 0.1) is 17.5 Å². The van der Waals surface area contributed by atoms with Gasteiger partial charge in [0.1, 0.15) is 23.8 Å². The third kappa shape index (κ3) is 2.49. The van der Waals surface area contributed by atoms with Crippen LogP contribution in [0.15, 0.2) is 33.9 Å². The Balaban J connectivity index is 1.56. The zero-order valence-electron chi connectivity index (χ0n) is 13.3. The van der Waals surface area contributed by atoms with Gasteiger partial charge in [-0.25, -0.2) is 4.98 Å². The molecule has 4 rings (SSSR count). The zero-order valence-corrected chi connectivity index (χ0v) is 13.3. The smallest absolute Gasteiger partial charge is 0.263 e. The predicted molar refractivity (Wildman–Crippen MR) is 85.8 cm³/mol. The molecule has 0 spiro atoms. The second-order valence-electron chi connectivity index (χ2n) is 5.79. The monoisotopic (exact) mass is 327 g/mol. The van der Waals surface area contributed by atoms with Gasteiger partial charge in [-0.1, -0.05) is 5.16 Å². The molecule has 8 heteroatoms. The van der Waals surface area contributed by atoms with Gasteiger partial charge in [0.25, 0.3) is 11.6 Å². The standard InChI is InChI=1S/C16H17N5O3/c1-11-13-14(17-10-18-15(13)24-19-11)20-4-2-5-21(7-6-20)16(22)12-3-8-23-9-12/h3,8-10H,2,4-7H2,1H3. The van der Waals surface area contributed by atoms with E-state index in [0.717, 1.165) is 29.9 Å². The van der Waals surface area contributed by atoms with Crippen LogP contribution < -0.4 is 4.90 Å². The van der Waals surface area contributed by atoms with Crippen molar-refractivity contribution < 1.29 is 13.7 Å². The third-order valence-electron chi connectivity index (χ3n) is 4.27. The summed E-state index contributed by atoms with van der Waals surface area (Å²) in [6, 6.07) is 1.69. The van der Waals surface area contributed by atoms with Crippen molar-refractivity contribution in [1.82, 2.24) is 20.0 Å². The molecule has 4 heterocycles. The van der Waals surface area contributed by atoms with Crippen molar-refractivity contribution in [3.05, 3.63) is 36.2 Å². The predicted octanol–water partition coefficient (Wildman–Crippen LogP) is 1.87. The average molecular weight is 327 g/mol. The number of anilines is 1. The van der Waals surface area contributed by atoms with Crippen LogP contribution in [0.5, 0.6) is 0 Å². The second-order valence-corrected chi connectivity index (χ2v) is 5.79. The van der Waals surface area contributed by atoms with Crippen LogP contribution in [0.3, 0.4) is 0 Å². The molecule has 0 atom stereocenters. The van der Waals surface area contributed by atoms with Gasteiger partial charge in [-0.2, -0.15) is 4.98 Å². The molecule has 0 bridgehead atoms. The van der Waals surface area contributed by atoms with E-state index >= 15 is 0 Å². The molecule has 1 aliphatic rings. The van der Waals surface area contributed by atoms with E-state index in [4.69, 9.17) is 8.94 Å². The van der Waals surface area contributed by atoms with Gasteiger partial charge >= 0.3 is 0 Å². The molecule has 1 fully saturated rings. The van der Waals surface area contributed by atoms with Crippen molar-refractivity contribution in [2.45, 2.75) is 13.3 Å². The number of amides is 1. The Morgan fingerprint density at radius 2 is 2.12 bits per heavy atom. The first-order chi connectivity index (χ1) is 11.7. The lowest BCUT2D eigenvalue weighted by Crippen LogP contribution is -2.35. The lowest BCUT2D eigenvalue weighted by molar-refractivity contribution is 0.0766. The quantitative estimate of drug-likeness (QED) is 0.710. The number of carbonyl (C=O) groups excluding carboxylic acids is 1. The second kappa shape index (κ2) is 5.95. The van der Waals surface area contributed by atoms with Crippen LogP contribution in [0.4, 0.5) is 5.82 Å². The molecule has 24 heavy (non-hydrogen) atoms. The maximum absolute atomic E-state index is 12.5. The number of aryl methyl sites for hydroxylation is 1. The highest BCUT2D eigenvalue weighted by Crippen LogP contribution is 2.26. The summed E-state index contributed by atoms with van der Waals surface area (Å²) in [6.45, 7) is 4.72. The molecule has 3 aromatic heterocycles. The lowest BCUT2D eigenvalue weighted by Gasteiger charge is -2.22. The summed E-state index contributed by atoms with van der Waals surface area (Å²) in [4.78, 5) is 25.0. The van der Waals surface area contributed by atoms with E-state index in [9.17, 15) is 4.79 Å². The van der Waals surface area contributed by atoms with Gasteiger partial charge in [-0.3, -0.25) is 4.79 Å². The molecule has 1 saturated heterocycles. The number of furan rings is 1. The van der Waals surface area contributed by atoms with Crippen LogP contribution in [-0.4, -0.2) is 52.1 Å². The van der Waals surface area contributed by atoms with Gasteiger partial charge in [0.15, 0.2) is 0 Å². The number of rotatable bonds is 2. The molecule has 0 unspecified atom stereocenters. The molecular formula is C16H17N5O3. The van der Waals surface area contributed by atoms with Gasteiger partial charge < -0.3 is 18.7 Å². The molecule has 8 nitrogen and oxygen atoms in total. The van der Waals surface area contributed by atoms with Gasteiger partial charge in [0.2, 0.25) is 0 Å². The Hall–Kier alpha value is -2.90. The van der Waals surface area contributed by atoms with Crippen LogP contribution in [0.1, 0.15) is 22.5 Å². The molecule has 0 N–H and O–H groups in total. The zero-order chi connectivity index (χ0) is 16.5. The molecule has 0 radical (unpaired) electrons. The van der Waals surface area contributed by atoms with E-state index in [1.807, 2.05) is 11.8 Å². The van der Waals surface area contributed by atoms with E-state index in [1.165, 1.54) is 18.9 Å². The molecule has 124 valence electrons. The highest BCUT2D eigenvalue weighted by Gasteiger charge is 2.24. The van der Waals surface area contributed by atoms with Crippen molar-refractivity contribution >= 4 is 22.8 Å². The number of hydrogen-bond acceptors (Lipinski definition) is 7. The minimum Gasteiger partial charge on any atom is -0.472 e. The van der Waals surface area contributed by atoms with Crippen LogP contribution in [0.2, 0.25) is 0 Å². The SMILES string of the molecule is Cc1noc2ncnc(N3CCCN(C(=O)c4ccoc4)CC3)c12. The summed E-state index contributed by atoms with van der Waals surface area (Å²) < 4.78 is 10.2. The minimum absolute atomic E-state index is 0.000377. The Morgan fingerprint density at radius 3 is 2.96 bits per heavy atom. The number of fused-ring (bicyclic) bond motifs is 1. The van der Waals surface area contributed by atoms with E-state index in [2.05, 4.69) is 20.0 Å². The molecule has 0 aromatic carbocycles. The Morgan fingerprint density at radius 1 is 1.21 bits per heavy atom. The average Bonchev–Trinajstić information content (AvgIpc) is 3.19. The van der Waals surface area contributed by atoms with E-state index in [0.29, 0.717) is 30.9 Å². The summed E-state index contributed by atoms with van der Waals surface area (Å²) in [7, 11) is 0. The largest absolute Gasteiger partial charge is 0.472 e. The molecular weight excluding hydrogens is 310 g/mol. The Kier molecular flexibility index (Phi) is 3.64. The molecule has 0 aliphatic carbocycles. The summed E-state index contributed by atoms with van der Waals surface area (Å²) in [6.07, 6.45) is 5.35. The fourth-order valence-electron chi connectivity index (χ4n) is 3.04. The fraction of sp³-hybridized carbons (Fsp3) is 0.375. The Bertz CT molecular complexity index is 858. The van der Waals surface area contributed by atoms with Crippen molar-refractivity contribution in [3.63, 3.8) is 0 Å². The summed E-state index contributed by atoms with van der Waals surface area (Å²) >= 11 is 0. The number of nitrogens with zero attached hydrogens (tertiary/aromatic N) is 5. The van der Waals surface area contributed by atoms with E-state index in [1.54, 1.807) is 6.07 Å². The van der Waals surface area contributed by atoms with Gasteiger partial charge in [-0.05, 0) is 19.4 Å². The minimum atomic E-state index is -0.000377. The van der Waals surface area contributed by atoms with Crippen molar-refractivity contribution in [2.75, 3.05) is 31.1 Å². The van der Waals surface area contributed by atoms with E-state index in [-0.39, 0.29) is 5.91 Å². The van der Waals surface area contributed by atoms with Gasteiger partial charge in [0, 0.05) is 26.2 Å². The fourth-order valence-corrected chi connectivity index (χ4v) is 3.04. The normalized spacial score (nSPS) is 15.7. The maximum Gasteiger partial charge on any atom is 0.263 e. The number of carbonyl (C=O) groups is 1. The van der Waals surface area contributed by atoms with Crippen LogP contribution in [0, 0.1) is 6.92 Å². The maximum atomic E-state index is 12.5. The van der Waals surface area contributed by atoms with Crippen LogP contribution in [0.25, 0.3) is 11.1 Å². The van der Waals surface area contributed by atoms with E-state index < -0.39 is 0 Å². The summed E-state index contributed by atoms with van der Waals surface area (Å²) in [5, 5.41) is 4.81. The first kappa shape index (κ1) is 14.7. The van der Waals surface area contributed by atoms with Crippen LogP contribution >= 0.6 is 0 Å². The topological polar surface area (TPSA) is 88.5 Å². The highest BCUT2D eigenvalue weighted by atomic mass is 16.5. The van der Waals surface area contributed by atoms with Gasteiger partial charge in [-0.15, -0.1) is 0 Å². The van der Waals surface area contributed by atoms with Crippen molar-refractivity contribution in [1.29, 1.82) is 0 Å². The first-order valence-electron chi connectivity index (χ1n) is 7.87. The third-order valence-corrected chi connectivity index (χ3v) is 4.27. The van der Waals surface area contributed by atoms with Crippen LogP contribution in [-0.2, 0) is 0 Å². The first-order valence-corrected chi connectivity index (χ1v) is 7.87. The summed E-state index contributed by atoms with van der Waals surface area (Å²) in [5.74, 6) is 0.816. The van der Waals surface area contributed by atoms with Crippen molar-refractivity contribution in [3.8, 4) is 0 Å². The van der Waals surface area contributed by atoms with Crippen molar-refractivity contribution in [2.24, 2.45) is 0 Å². The summed E-state index contributed by atoms with van der Waals surface area (Å²) in [5.41, 5.74) is 1.85. The highest BCUT2D eigenvalue weighted by molar-refractivity contribution is 5.94. The molecule has 0 saturated carbocycles.